The van der Waals surface area contributed by atoms with Crippen molar-refractivity contribution in [2.75, 3.05) is 0 Å². The van der Waals surface area contributed by atoms with E-state index in [9.17, 15) is 18.7 Å². The molecule has 2 heterocycles. The van der Waals surface area contributed by atoms with Crippen LogP contribution in [0.4, 0.5) is 8.78 Å². The zero-order chi connectivity index (χ0) is 15.0. The first-order valence-corrected chi connectivity index (χ1v) is 7.14. The Morgan fingerprint density at radius 2 is 2.00 bits per heavy atom. The Balaban J connectivity index is 1.92. The number of aromatic nitrogens is 1. The van der Waals surface area contributed by atoms with E-state index < -0.39 is 17.7 Å². The fraction of sp³-hybridized carbons (Fsp3) is 0.133. The SMILES string of the molecule is O=c1c2ccsc2ccn1CC(O)c1ccc(F)c(F)c1. The second-order valence-corrected chi connectivity index (χ2v) is 5.61. The minimum absolute atomic E-state index is 0.0182. The molecule has 1 atom stereocenters. The van der Waals surface area contributed by atoms with Crippen molar-refractivity contribution in [1.29, 1.82) is 0 Å². The third kappa shape index (κ3) is 2.59. The first-order valence-electron chi connectivity index (χ1n) is 6.26. The highest BCUT2D eigenvalue weighted by Crippen LogP contribution is 2.19. The van der Waals surface area contributed by atoms with E-state index in [1.165, 1.54) is 22.0 Å². The predicted octanol–water partition coefficient (Wildman–Crippen LogP) is 3.07. The number of halogens is 2. The molecule has 0 aliphatic heterocycles. The summed E-state index contributed by atoms with van der Waals surface area (Å²) in [6, 6.07) is 6.71. The van der Waals surface area contributed by atoms with E-state index in [2.05, 4.69) is 0 Å². The zero-order valence-electron chi connectivity index (χ0n) is 10.8. The van der Waals surface area contributed by atoms with Crippen molar-refractivity contribution in [3.63, 3.8) is 0 Å². The lowest BCUT2D eigenvalue weighted by atomic mass is 10.1. The van der Waals surface area contributed by atoms with E-state index in [4.69, 9.17) is 0 Å². The summed E-state index contributed by atoms with van der Waals surface area (Å²) >= 11 is 1.46. The Hall–Kier alpha value is -2.05. The Kier molecular flexibility index (Phi) is 3.57. The van der Waals surface area contributed by atoms with Crippen molar-refractivity contribution in [2.24, 2.45) is 0 Å². The molecule has 0 spiro atoms. The molecule has 3 rings (SSSR count). The number of benzene rings is 1. The minimum atomic E-state index is -1.09. The summed E-state index contributed by atoms with van der Waals surface area (Å²) in [7, 11) is 0. The summed E-state index contributed by atoms with van der Waals surface area (Å²) < 4.78 is 28.3. The van der Waals surface area contributed by atoms with Gasteiger partial charge in [-0.1, -0.05) is 6.07 Å². The topological polar surface area (TPSA) is 42.2 Å². The van der Waals surface area contributed by atoms with Gasteiger partial charge >= 0.3 is 0 Å². The molecule has 108 valence electrons. The number of fused-ring (bicyclic) bond motifs is 1. The van der Waals surface area contributed by atoms with E-state index in [0.717, 1.165) is 16.8 Å². The van der Waals surface area contributed by atoms with Gasteiger partial charge in [-0.3, -0.25) is 4.79 Å². The summed E-state index contributed by atoms with van der Waals surface area (Å²) in [5.74, 6) is -1.99. The Morgan fingerprint density at radius 3 is 2.76 bits per heavy atom. The number of thiophene rings is 1. The van der Waals surface area contributed by atoms with Crippen LogP contribution in [0.1, 0.15) is 11.7 Å². The molecule has 21 heavy (non-hydrogen) atoms. The molecule has 0 bridgehead atoms. The molecule has 3 nitrogen and oxygen atoms in total. The van der Waals surface area contributed by atoms with Gasteiger partial charge in [-0.25, -0.2) is 8.78 Å². The summed E-state index contributed by atoms with van der Waals surface area (Å²) in [5, 5.41) is 12.5. The number of nitrogens with zero attached hydrogens (tertiary/aromatic N) is 1. The molecule has 3 aromatic rings. The van der Waals surface area contributed by atoms with Gasteiger partial charge in [0.2, 0.25) is 0 Å². The first-order chi connectivity index (χ1) is 10.1. The molecule has 0 saturated heterocycles. The lowest BCUT2D eigenvalue weighted by Gasteiger charge is -2.13. The van der Waals surface area contributed by atoms with Crippen LogP contribution in [0, 0.1) is 11.6 Å². The maximum Gasteiger partial charge on any atom is 0.259 e. The third-order valence-corrected chi connectivity index (χ3v) is 4.17. The van der Waals surface area contributed by atoms with Crippen molar-refractivity contribution in [1.82, 2.24) is 4.57 Å². The molecule has 6 heteroatoms. The highest BCUT2D eigenvalue weighted by atomic mass is 32.1. The largest absolute Gasteiger partial charge is 0.387 e. The summed E-state index contributed by atoms with van der Waals surface area (Å²) in [5.41, 5.74) is 0.0154. The van der Waals surface area contributed by atoms with Gasteiger partial charge in [-0.15, -0.1) is 11.3 Å². The van der Waals surface area contributed by atoms with Crippen LogP contribution in [-0.4, -0.2) is 9.67 Å². The van der Waals surface area contributed by atoms with Crippen LogP contribution in [0.2, 0.25) is 0 Å². The van der Waals surface area contributed by atoms with Gasteiger partial charge in [0.15, 0.2) is 11.6 Å². The summed E-state index contributed by atoms with van der Waals surface area (Å²) in [6.07, 6.45) is 0.499. The summed E-state index contributed by atoms with van der Waals surface area (Å²) in [6.45, 7) is -0.0182. The van der Waals surface area contributed by atoms with Gasteiger partial charge in [-0.2, -0.15) is 0 Å². The molecule has 0 fully saturated rings. The van der Waals surface area contributed by atoms with Crippen LogP contribution < -0.4 is 5.56 Å². The molecular weight excluding hydrogens is 296 g/mol. The second kappa shape index (κ2) is 5.38. The Bertz CT molecular complexity index is 856. The normalized spacial score (nSPS) is 12.7. The van der Waals surface area contributed by atoms with Gasteiger partial charge in [0.1, 0.15) is 0 Å². The van der Waals surface area contributed by atoms with Crippen LogP contribution in [-0.2, 0) is 6.54 Å². The molecule has 0 aliphatic rings. The van der Waals surface area contributed by atoms with Crippen LogP contribution in [0.5, 0.6) is 0 Å². The number of aliphatic hydroxyl groups excluding tert-OH is 1. The molecule has 0 amide bonds. The standard InChI is InChI=1S/C15H11F2NO2S/c16-11-2-1-9(7-12(11)17)13(19)8-18-5-3-14-10(15(18)20)4-6-21-14/h1-7,13,19H,8H2. The molecule has 1 unspecified atom stereocenters. The minimum Gasteiger partial charge on any atom is -0.387 e. The van der Waals surface area contributed by atoms with Gasteiger partial charge in [-0.05, 0) is 35.2 Å². The fourth-order valence-electron chi connectivity index (χ4n) is 2.16. The molecule has 0 aliphatic carbocycles. The molecule has 2 aromatic heterocycles. The predicted molar refractivity (Wildman–Crippen MR) is 77.4 cm³/mol. The maximum atomic E-state index is 13.2. The summed E-state index contributed by atoms with van der Waals surface area (Å²) in [4.78, 5) is 12.2. The molecule has 0 saturated carbocycles. The van der Waals surface area contributed by atoms with Gasteiger partial charge < -0.3 is 9.67 Å². The lowest BCUT2D eigenvalue weighted by molar-refractivity contribution is 0.154. The monoisotopic (exact) mass is 307 g/mol. The number of hydrogen-bond donors (Lipinski definition) is 1. The molecule has 1 N–H and O–H groups in total. The van der Waals surface area contributed by atoms with Gasteiger partial charge in [0.25, 0.3) is 5.56 Å². The van der Waals surface area contributed by atoms with Crippen LogP contribution in [0.25, 0.3) is 10.1 Å². The van der Waals surface area contributed by atoms with Crippen LogP contribution in [0.3, 0.4) is 0 Å². The van der Waals surface area contributed by atoms with Crippen molar-refractivity contribution in [3.8, 4) is 0 Å². The number of rotatable bonds is 3. The second-order valence-electron chi connectivity index (χ2n) is 4.66. The fourth-order valence-corrected chi connectivity index (χ4v) is 2.93. The van der Waals surface area contributed by atoms with E-state index in [-0.39, 0.29) is 17.7 Å². The van der Waals surface area contributed by atoms with E-state index in [1.54, 1.807) is 18.3 Å². The van der Waals surface area contributed by atoms with Crippen molar-refractivity contribution in [2.45, 2.75) is 12.6 Å². The van der Waals surface area contributed by atoms with Crippen LogP contribution >= 0.6 is 11.3 Å². The highest BCUT2D eigenvalue weighted by Gasteiger charge is 2.13. The quantitative estimate of drug-likeness (QED) is 0.808. The first kappa shape index (κ1) is 13.9. The van der Waals surface area contributed by atoms with Gasteiger partial charge in [0, 0.05) is 10.9 Å². The Labute approximate surface area is 122 Å². The van der Waals surface area contributed by atoms with E-state index in [1.807, 2.05) is 5.38 Å². The highest BCUT2D eigenvalue weighted by molar-refractivity contribution is 7.17. The third-order valence-electron chi connectivity index (χ3n) is 3.29. The number of pyridine rings is 1. The average molecular weight is 307 g/mol. The molecule has 1 aromatic carbocycles. The Morgan fingerprint density at radius 1 is 1.19 bits per heavy atom. The lowest BCUT2D eigenvalue weighted by Crippen LogP contribution is -2.22. The van der Waals surface area contributed by atoms with Crippen molar-refractivity contribution >= 4 is 21.4 Å². The number of aliphatic hydroxyl groups is 1. The molecular formula is C15H11F2NO2S. The van der Waals surface area contributed by atoms with E-state index in [0.29, 0.717) is 5.39 Å². The average Bonchev–Trinajstić information content (AvgIpc) is 2.94. The maximum absolute atomic E-state index is 13.2. The van der Waals surface area contributed by atoms with Crippen LogP contribution in [0.15, 0.2) is 46.7 Å². The molecule has 0 radical (unpaired) electrons. The smallest absolute Gasteiger partial charge is 0.259 e. The van der Waals surface area contributed by atoms with E-state index >= 15 is 0 Å². The zero-order valence-corrected chi connectivity index (χ0v) is 11.6. The van der Waals surface area contributed by atoms with Gasteiger partial charge in [0.05, 0.1) is 18.0 Å². The van der Waals surface area contributed by atoms with Crippen molar-refractivity contribution < 1.29 is 13.9 Å². The number of hydrogen-bond acceptors (Lipinski definition) is 3. The van der Waals surface area contributed by atoms with Crippen molar-refractivity contribution in [3.05, 3.63) is 69.5 Å².